The van der Waals surface area contributed by atoms with E-state index in [0.29, 0.717) is 11.9 Å². The second-order valence-corrected chi connectivity index (χ2v) is 4.08. The molecule has 0 heterocycles. The Morgan fingerprint density at radius 1 is 1.33 bits per heavy atom. The largest absolute Gasteiger partial charge is 0.490 e. The summed E-state index contributed by atoms with van der Waals surface area (Å²) in [6, 6.07) is 4.64. The van der Waals surface area contributed by atoms with Gasteiger partial charge in [0.2, 0.25) is 0 Å². The highest BCUT2D eigenvalue weighted by atomic mass is 19.1. The molecule has 2 rings (SSSR count). The zero-order chi connectivity index (χ0) is 10.8. The van der Waals surface area contributed by atoms with Crippen LogP contribution in [0.1, 0.15) is 26.7 Å². The van der Waals surface area contributed by atoms with Gasteiger partial charge < -0.3 is 9.47 Å². The van der Waals surface area contributed by atoms with Crippen LogP contribution in [-0.2, 0) is 0 Å². The van der Waals surface area contributed by atoms with Gasteiger partial charge in [-0.15, -0.1) is 0 Å². The van der Waals surface area contributed by atoms with Crippen LogP contribution in [0.25, 0.3) is 0 Å². The van der Waals surface area contributed by atoms with E-state index in [1.165, 1.54) is 6.07 Å². The molecule has 0 aromatic heterocycles. The Morgan fingerprint density at radius 2 is 2.07 bits per heavy atom. The summed E-state index contributed by atoms with van der Waals surface area (Å²) in [5, 5.41) is 0. The first-order valence-electron chi connectivity index (χ1n) is 5.28. The molecule has 1 aromatic carbocycles. The Morgan fingerprint density at radius 3 is 2.67 bits per heavy atom. The molecular formula is C12H15FO2. The second kappa shape index (κ2) is 4.09. The molecule has 1 aromatic rings. The van der Waals surface area contributed by atoms with E-state index in [1.54, 1.807) is 12.1 Å². The molecule has 0 N–H and O–H groups in total. The van der Waals surface area contributed by atoms with Gasteiger partial charge in [0.15, 0.2) is 11.6 Å². The number of hydrogen-bond acceptors (Lipinski definition) is 2. The van der Waals surface area contributed by atoms with E-state index in [1.807, 2.05) is 13.8 Å². The normalized spacial score (nSPS) is 15.5. The Kier molecular flexibility index (Phi) is 2.80. The van der Waals surface area contributed by atoms with Crippen LogP contribution in [0.2, 0.25) is 0 Å². The number of rotatable bonds is 4. The minimum Gasteiger partial charge on any atom is -0.490 e. The summed E-state index contributed by atoms with van der Waals surface area (Å²) < 4.78 is 24.2. The third-order valence-corrected chi connectivity index (χ3v) is 2.09. The molecule has 0 saturated heterocycles. The summed E-state index contributed by atoms with van der Waals surface area (Å²) in [4.78, 5) is 0. The predicted octanol–water partition coefficient (Wildman–Crippen LogP) is 3.15. The van der Waals surface area contributed by atoms with E-state index >= 15 is 0 Å². The topological polar surface area (TPSA) is 18.5 Å². The maximum atomic E-state index is 13.3. The fourth-order valence-electron chi connectivity index (χ4n) is 1.28. The van der Waals surface area contributed by atoms with Gasteiger partial charge in [-0.05, 0) is 38.8 Å². The molecule has 3 heteroatoms. The van der Waals surface area contributed by atoms with Gasteiger partial charge in [0, 0.05) is 6.07 Å². The Bertz CT molecular complexity index is 345. The SMILES string of the molecule is CC(C)Oc1cc(OC2CC2)ccc1F. The molecule has 0 spiro atoms. The van der Waals surface area contributed by atoms with Gasteiger partial charge in [-0.25, -0.2) is 4.39 Å². The number of halogens is 1. The van der Waals surface area contributed by atoms with E-state index in [2.05, 4.69) is 0 Å². The van der Waals surface area contributed by atoms with Crippen molar-refractivity contribution >= 4 is 0 Å². The average molecular weight is 210 g/mol. The highest BCUT2D eigenvalue weighted by Gasteiger charge is 2.23. The summed E-state index contributed by atoms with van der Waals surface area (Å²) >= 11 is 0. The minimum absolute atomic E-state index is 0.0318. The highest BCUT2D eigenvalue weighted by molar-refractivity contribution is 5.35. The summed E-state index contributed by atoms with van der Waals surface area (Å²) in [7, 11) is 0. The van der Waals surface area contributed by atoms with E-state index in [9.17, 15) is 4.39 Å². The smallest absolute Gasteiger partial charge is 0.165 e. The zero-order valence-electron chi connectivity index (χ0n) is 9.00. The van der Waals surface area contributed by atoms with Gasteiger partial charge in [0.1, 0.15) is 5.75 Å². The summed E-state index contributed by atoms with van der Waals surface area (Å²) in [6.45, 7) is 3.74. The van der Waals surface area contributed by atoms with Crippen molar-refractivity contribution in [2.24, 2.45) is 0 Å². The summed E-state index contributed by atoms with van der Waals surface area (Å²) in [5.74, 6) is 0.615. The molecule has 0 atom stereocenters. The van der Waals surface area contributed by atoms with Crippen molar-refractivity contribution in [2.45, 2.75) is 38.9 Å². The first-order valence-corrected chi connectivity index (χ1v) is 5.28. The van der Waals surface area contributed by atoms with E-state index < -0.39 is 0 Å². The number of ether oxygens (including phenoxy) is 2. The molecule has 2 nitrogen and oxygen atoms in total. The van der Waals surface area contributed by atoms with Crippen molar-refractivity contribution in [3.63, 3.8) is 0 Å². The van der Waals surface area contributed by atoms with Crippen molar-refractivity contribution in [3.8, 4) is 11.5 Å². The molecule has 0 radical (unpaired) electrons. The highest BCUT2D eigenvalue weighted by Crippen LogP contribution is 2.30. The molecule has 1 aliphatic rings. The quantitative estimate of drug-likeness (QED) is 0.760. The zero-order valence-corrected chi connectivity index (χ0v) is 9.00. The fourth-order valence-corrected chi connectivity index (χ4v) is 1.28. The summed E-state index contributed by atoms with van der Waals surface area (Å²) in [5.41, 5.74) is 0. The van der Waals surface area contributed by atoms with Gasteiger partial charge in [0.25, 0.3) is 0 Å². The van der Waals surface area contributed by atoms with E-state index in [0.717, 1.165) is 12.8 Å². The Balaban J connectivity index is 2.11. The fraction of sp³-hybridized carbons (Fsp3) is 0.500. The number of benzene rings is 1. The van der Waals surface area contributed by atoms with Crippen molar-refractivity contribution in [3.05, 3.63) is 24.0 Å². The molecule has 82 valence electrons. The lowest BCUT2D eigenvalue weighted by atomic mass is 10.3. The molecular weight excluding hydrogens is 195 g/mol. The predicted molar refractivity (Wildman–Crippen MR) is 55.8 cm³/mol. The molecule has 15 heavy (non-hydrogen) atoms. The Labute approximate surface area is 89.0 Å². The van der Waals surface area contributed by atoms with Crippen LogP contribution in [0.3, 0.4) is 0 Å². The molecule has 0 bridgehead atoms. The second-order valence-electron chi connectivity index (χ2n) is 4.08. The third-order valence-electron chi connectivity index (χ3n) is 2.09. The van der Waals surface area contributed by atoms with Gasteiger partial charge >= 0.3 is 0 Å². The van der Waals surface area contributed by atoms with Crippen LogP contribution >= 0.6 is 0 Å². The monoisotopic (exact) mass is 210 g/mol. The van der Waals surface area contributed by atoms with Gasteiger partial charge in [-0.1, -0.05) is 0 Å². The number of hydrogen-bond donors (Lipinski definition) is 0. The molecule has 1 saturated carbocycles. The lowest BCUT2D eigenvalue weighted by Crippen LogP contribution is -2.07. The maximum Gasteiger partial charge on any atom is 0.165 e. The molecule has 1 aliphatic carbocycles. The average Bonchev–Trinajstić information content (AvgIpc) is 2.94. The first-order chi connectivity index (χ1) is 7.15. The molecule has 0 aliphatic heterocycles. The maximum absolute atomic E-state index is 13.3. The van der Waals surface area contributed by atoms with Crippen LogP contribution in [0, 0.1) is 5.82 Å². The Hall–Kier alpha value is -1.25. The van der Waals surface area contributed by atoms with E-state index in [-0.39, 0.29) is 17.7 Å². The third kappa shape index (κ3) is 2.85. The van der Waals surface area contributed by atoms with Crippen LogP contribution in [-0.4, -0.2) is 12.2 Å². The molecule has 0 amide bonds. The van der Waals surface area contributed by atoms with Gasteiger partial charge in [0.05, 0.1) is 12.2 Å². The lowest BCUT2D eigenvalue weighted by Gasteiger charge is -2.12. The lowest BCUT2D eigenvalue weighted by molar-refractivity contribution is 0.228. The summed E-state index contributed by atoms with van der Waals surface area (Å²) in [6.07, 6.45) is 2.48. The molecule has 1 fully saturated rings. The standard InChI is InChI=1S/C12H15FO2/c1-8(2)14-12-7-10(5-6-11(12)13)15-9-3-4-9/h5-9H,3-4H2,1-2H3. The molecule has 0 unspecified atom stereocenters. The van der Waals surface area contributed by atoms with Crippen molar-refractivity contribution in [1.82, 2.24) is 0 Å². The van der Waals surface area contributed by atoms with Crippen LogP contribution in [0.4, 0.5) is 4.39 Å². The van der Waals surface area contributed by atoms with Gasteiger partial charge in [-0.3, -0.25) is 0 Å². The van der Waals surface area contributed by atoms with Crippen molar-refractivity contribution in [2.75, 3.05) is 0 Å². The van der Waals surface area contributed by atoms with Crippen LogP contribution < -0.4 is 9.47 Å². The minimum atomic E-state index is -0.341. The van der Waals surface area contributed by atoms with Crippen molar-refractivity contribution < 1.29 is 13.9 Å². The van der Waals surface area contributed by atoms with E-state index in [4.69, 9.17) is 9.47 Å². The van der Waals surface area contributed by atoms with Crippen molar-refractivity contribution in [1.29, 1.82) is 0 Å². The van der Waals surface area contributed by atoms with Crippen LogP contribution in [0.15, 0.2) is 18.2 Å². The first kappa shape index (κ1) is 10.3. The van der Waals surface area contributed by atoms with Gasteiger partial charge in [-0.2, -0.15) is 0 Å². The van der Waals surface area contributed by atoms with Crippen LogP contribution in [0.5, 0.6) is 11.5 Å².